The molecule has 8 nitrogen and oxygen atoms in total. The molecular weight excluding hydrogens is 443 g/mol. The summed E-state index contributed by atoms with van der Waals surface area (Å²) in [5.41, 5.74) is 4.99. The molecule has 0 aliphatic heterocycles. The lowest BCUT2D eigenvalue weighted by Gasteiger charge is -2.30. The summed E-state index contributed by atoms with van der Waals surface area (Å²) < 4.78 is 6.92. The first-order valence-corrected chi connectivity index (χ1v) is 11.1. The van der Waals surface area contributed by atoms with Crippen molar-refractivity contribution in [1.29, 1.82) is 0 Å². The number of aromatic nitrogens is 2. The van der Waals surface area contributed by atoms with Crippen LogP contribution in [0.4, 0.5) is 11.5 Å². The summed E-state index contributed by atoms with van der Waals surface area (Å²) in [7, 11) is 0. The van der Waals surface area contributed by atoms with Gasteiger partial charge in [0.2, 0.25) is 0 Å². The van der Waals surface area contributed by atoms with Crippen LogP contribution in [0, 0.1) is 0 Å². The summed E-state index contributed by atoms with van der Waals surface area (Å²) in [4.78, 5) is 42.0. The number of benzene rings is 1. The van der Waals surface area contributed by atoms with Gasteiger partial charge in [-0.25, -0.2) is 4.79 Å². The van der Waals surface area contributed by atoms with E-state index in [-0.39, 0.29) is 29.2 Å². The lowest BCUT2D eigenvalue weighted by molar-refractivity contribution is -0.121. The second-order valence-electron chi connectivity index (χ2n) is 7.56. The first-order valence-electron chi connectivity index (χ1n) is 10.4. The Labute approximate surface area is 189 Å². The van der Waals surface area contributed by atoms with E-state index in [1.54, 1.807) is 12.1 Å². The average molecular weight is 469 g/mol. The standard InChI is InChI=1S/C21H26Cl2N4O4/c1-2-3-10-26-19(24)18(20(29)25-21(26)30)27(14-6-4-5-7-14)17(28)12-31-16-9-8-13(22)11-15(16)23/h8-9,11,14H,2-7,10,12,24H2,1H3,(H,25,29,30). The predicted octanol–water partition coefficient (Wildman–Crippen LogP) is 3.58. The van der Waals surface area contributed by atoms with E-state index in [4.69, 9.17) is 33.7 Å². The Morgan fingerprint density at radius 2 is 2.00 bits per heavy atom. The minimum absolute atomic E-state index is 0.00148. The van der Waals surface area contributed by atoms with Gasteiger partial charge < -0.3 is 10.5 Å². The molecule has 2 aromatic rings. The van der Waals surface area contributed by atoms with Gasteiger partial charge in [0, 0.05) is 17.6 Å². The van der Waals surface area contributed by atoms with Crippen molar-refractivity contribution in [1.82, 2.24) is 9.55 Å². The number of anilines is 2. The first kappa shape index (κ1) is 23.2. The Morgan fingerprint density at radius 1 is 1.29 bits per heavy atom. The summed E-state index contributed by atoms with van der Waals surface area (Å²) in [6, 6.07) is 4.50. The van der Waals surface area contributed by atoms with Gasteiger partial charge in [0.15, 0.2) is 12.3 Å². The maximum absolute atomic E-state index is 13.2. The highest BCUT2D eigenvalue weighted by Crippen LogP contribution is 2.31. The Balaban J connectivity index is 1.95. The third-order valence-electron chi connectivity index (χ3n) is 5.39. The molecule has 1 fully saturated rings. The second-order valence-corrected chi connectivity index (χ2v) is 8.41. The van der Waals surface area contributed by atoms with Crippen LogP contribution >= 0.6 is 23.2 Å². The summed E-state index contributed by atoms with van der Waals surface area (Å²) >= 11 is 12.0. The highest BCUT2D eigenvalue weighted by Gasteiger charge is 2.32. The van der Waals surface area contributed by atoms with Gasteiger partial charge in [-0.2, -0.15) is 0 Å². The predicted molar refractivity (Wildman–Crippen MR) is 122 cm³/mol. The van der Waals surface area contributed by atoms with Crippen LogP contribution in [-0.4, -0.2) is 28.1 Å². The summed E-state index contributed by atoms with van der Waals surface area (Å²) in [5.74, 6) is -0.136. The first-order chi connectivity index (χ1) is 14.8. The van der Waals surface area contributed by atoms with Crippen LogP contribution < -0.4 is 26.6 Å². The van der Waals surface area contributed by atoms with Gasteiger partial charge in [0.1, 0.15) is 11.6 Å². The molecule has 0 bridgehead atoms. The Bertz CT molecular complexity index is 1060. The molecule has 0 atom stereocenters. The zero-order valence-electron chi connectivity index (χ0n) is 17.3. The van der Waals surface area contributed by atoms with Crippen LogP contribution in [-0.2, 0) is 11.3 Å². The number of hydrogen-bond donors (Lipinski definition) is 2. The number of nitrogens with two attached hydrogens (primary N) is 1. The fourth-order valence-corrected chi connectivity index (χ4v) is 4.29. The van der Waals surface area contributed by atoms with Crippen LogP contribution in [0.15, 0.2) is 27.8 Å². The van der Waals surface area contributed by atoms with E-state index >= 15 is 0 Å². The van der Waals surface area contributed by atoms with E-state index in [0.29, 0.717) is 23.7 Å². The third kappa shape index (κ3) is 5.25. The van der Waals surface area contributed by atoms with Crippen molar-refractivity contribution < 1.29 is 9.53 Å². The van der Waals surface area contributed by atoms with Gasteiger partial charge in [0.05, 0.1) is 5.02 Å². The number of nitrogens with zero attached hydrogens (tertiary/aromatic N) is 2. The van der Waals surface area contributed by atoms with Crippen molar-refractivity contribution in [2.45, 2.75) is 58.0 Å². The van der Waals surface area contributed by atoms with Gasteiger partial charge in [-0.3, -0.25) is 24.0 Å². The van der Waals surface area contributed by atoms with Crippen LogP contribution in [0.5, 0.6) is 5.75 Å². The quantitative estimate of drug-likeness (QED) is 0.614. The lowest BCUT2D eigenvalue weighted by Crippen LogP contribution is -2.47. The smallest absolute Gasteiger partial charge is 0.330 e. The van der Waals surface area contributed by atoms with E-state index < -0.39 is 17.2 Å². The zero-order valence-corrected chi connectivity index (χ0v) is 18.8. The molecule has 1 aliphatic carbocycles. The van der Waals surface area contributed by atoms with Crippen molar-refractivity contribution in [3.05, 3.63) is 49.1 Å². The molecule has 1 saturated carbocycles. The highest BCUT2D eigenvalue weighted by atomic mass is 35.5. The number of carbonyl (C=O) groups is 1. The van der Waals surface area contributed by atoms with Crippen LogP contribution in [0.1, 0.15) is 45.4 Å². The van der Waals surface area contributed by atoms with E-state index in [0.717, 1.165) is 32.1 Å². The van der Waals surface area contributed by atoms with E-state index in [1.165, 1.54) is 15.5 Å². The number of H-pyrrole nitrogens is 1. The fourth-order valence-electron chi connectivity index (χ4n) is 3.82. The van der Waals surface area contributed by atoms with Crippen molar-refractivity contribution in [3.8, 4) is 5.75 Å². The van der Waals surface area contributed by atoms with Gasteiger partial charge >= 0.3 is 5.69 Å². The lowest BCUT2D eigenvalue weighted by atomic mass is 10.2. The number of hydrogen-bond acceptors (Lipinski definition) is 5. The van der Waals surface area contributed by atoms with Gasteiger partial charge in [0.25, 0.3) is 11.5 Å². The van der Waals surface area contributed by atoms with Gasteiger partial charge in [-0.05, 0) is 37.5 Å². The molecule has 0 unspecified atom stereocenters. The number of nitrogen functional groups attached to an aromatic ring is 1. The molecule has 168 valence electrons. The number of amides is 1. The molecule has 1 aromatic carbocycles. The zero-order chi connectivity index (χ0) is 22.5. The van der Waals surface area contributed by atoms with E-state index in [9.17, 15) is 14.4 Å². The maximum atomic E-state index is 13.2. The number of aromatic amines is 1. The van der Waals surface area contributed by atoms with E-state index in [1.807, 2.05) is 6.92 Å². The van der Waals surface area contributed by atoms with Crippen LogP contribution in [0.3, 0.4) is 0 Å². The minimum Gasteiger partial charge on any atom is -0.482 e. The molecule has 0 spiro atoms. The number of carbonyl (C=O) groups excluding carboxylic acids is 1. The molecule has 10 heteroatoms. The SMILES string of the molecule is CCCCn1c(N)c(N(C(=O)COc2ccc(Cl)cc2Cl)C2CCCC2)c(=O)[nH]c1=O. The minimum atomic E-state index is -0.681. The van der Waals surface area contributed by atoms with Crippen LogP contribution in [0.25, 0.3) is 0 Å². The summed E-state index contributed by atoms with van der Waals surface area (Å²) in [6.45, 7) is 2.00. The molecule has 1 aliphatic rings. The maximum Gasteiger partial charge on any atom is 0.330 e. The fraction of sp³-hybridized carbons (Fsp3) is 0.476. The molecule has 1 amide bonds. The molecule has 1 aromatic heterocycles. The normalized spacial score (nSPS) is 14.0. The summed E-state index contributed by atoms with van der Waals surface area (Å²) in [5, 5.41) is 0.725. The average Bonchev–Trinajstić information content (AvgIpc) is 3.24. The molecule has 3 rings (SSSR count). The molecule has 1 heterocycles. The van der Waals surface area contributed by atoms with Crippen molar-refractivity contribution in [2.24, 2.45) is 0 Å². The van der Waals surface area contributed by atoms with E-state index in [2.05, 4.69) is 4.98 Å². The number of unbranched alkanes of at least 4 members (excludes halogenated alkanes) is 1. The molecule has 0 radical (unpaired) electrons. The number of rotatable bonds is 8. The largest absolute Gasteiger partial charge is 0.482 e. The van der Waals surface area contributed by atoms with Crippen molar-refractivity contribution in [3.63, 3.8) is 0 Å². The Hall–Kier alpha value is -2.45. The number of ether oxygens (including phenoxy) is 1. The van der Waals surface area contributed by atoms with Crippen molar-refractivity contribution >= 4 is 40.6 Å². The monoisotopic (exact) mass is 468 g/mol. The molecule has 3 N–H and O–H groups in total. The van der Waals surface area contributed by atoms with Gasteiger partial charge in [-0.15, -0.1) is 0 Å². The molecule has 31 heavy (non-hydrogen) atoms. The Kier molecular flexibility index (Phi) is 7.67. The van der Waals surface area contributed by atoms with Crippen molar-refractivity contribution in [2.75, 3.05) is 17.2 Å². The summed E-state index contributed by atoms with van der Waals surface area (Å²) in [6.07, 6.45) is 4.91. The number of halogens is 2. The third-order valence-corrected chi connectivity index (χ3v) is 5.92. The highest BCUT2D eigenvalue weighted by molar-refractivity contribution is 6.35. The molecular formula is C21H26Cl2N4O4. The molecule has 0 saturated heterocycles. The van der Waals surface area contributed by atoms with Gasteiger partial charge in [-0.1, -0.05) is 49.4 Å². The Morgan fingerprint density at radius 3 is 2.65 bits per heavy atom. The second kappa shape index (κ2) is 10.2. The van der Waals surface area contributed by atoms with Crippen LogP contribution in [0.2, 0.25) is 10.0 Å². The topological polar surface area (TPSA) is 110 Å². The number of nitrogens with one attached hydrogen (secondary N) is 1.